The van der Waals surface area contributed by atoms with E-state index < -0.39 is 0 Å². The highest BCUT2D eigenvalue weighted by Crippen LogP contribution is 2.27. The molecule has 0 aliphatic rings. The first kappa shape index (κ1) is 14.4. The number of rotatable bonds is 2. The van der Waals surface area contributed by atoms with Crippen molar-refractivity contribution in [2.75, 3.05) is 11.1 Å². The molecule has 2 aromatic carbocycles. The highest BCUT2D eigenvalue weighted by atomic mass is 79.9. The van der Waals surface area contributed by atoms with Crippen molar-refractivity contribution in [2.24, 2.45) is 0 Å². The molecular formula is C13H9Br2ClN2O. The maximum atomic E-state index is 12.1. The van der Waals surface area contributed by atoms with Gasteiger partial charge in [0.15, 0.2) is 0 Å². The zero-order valence-electron chi connectivity index (χ0n) is 9.58. The Morgan fingerprint density at radius 3 is 2.53 bits per heavy atom. The van der Waals surface area contributed by atoms with Crippen LogP contribution in [0.15, 0.2) is 45.3 Å². The van der Waals surface area contributed by atoms with Crippen LogP contribution in [0, 0.1) is 0 Å². The van der Waals surface area contributed by atoms with Crippen LogP contribution in [0.1, 0.15) is 10.4 Å². The molecular weight excluding hydrogens is 395 g/mol. The number of anilines is 2. The third kappa shape index (κ3) is 3.49. The fourth-order valence-electron chi connectivity index (χ4n) is 1.52. The molecule has 2 aromatic rings. The van der Waals surface area contributed by atoms with Gasteiger partial charge in [-0.3, -0.25) is 4.79 Å². The summed E-state index contributed by atoms with van der Waals surface area (Å²) in [7, 11) is 0. The molecule has 19 heavy (non-hydrogen) atoms. The summed E-state index contributed by atoms with van der Waals surface area (Å²) in [4.78, 5) is 12.1. The number of nitrogens with one attached hydrogen (secondary N) is 1. The second kappa shape index (κ2) is 5.94. The monoisotopic (exact) mass is 402 g/mol. The topological polar surface area (TPSA) is 55.1 Å². The fourth-order valence-corrected chi connectivity index (χ4v) is 2.85. The number of hydrogen-bond acceptors (Lipinski definition) is 2. The van der Waals surface area contributed by atoms with Crippen molar-refractivity contribution in [1.82, 2.24) is 0 Å². The van der Waals surface area contributed by atoms with Gasteiger partial charge in [-0.15, -0.1) is 0 Å². The van der Waals surface area contributed by atoms with Gasteiger partial charge in [-0.25, -0.2) is 0 Å². The number of nitrogen functional groups attached to an aromatic ring is 1. The van der Waals surface area contributed by atoms with Crippen molar-refractivity contribution in [2.45, 2.75) is 0 Å². The first-order chi connectivity index (χ1) is 8.97. The molecule has 0 heterocycles. The lowest BCUT2D eigenvalue weighted by atomic mass is 10.1. The number of carbonyl (C=O) groups excluding carboxylic acids is 1. The standard InChI is InChI=1S/C13H9Br2ClN2O/c14-7-1-4-12(10(15)5-7)18-13(19)9-3-2-8(16)6-11(9)17/h1-6H,17H2,(H,18,19). The zero-order valence-corrected chi connectivity index (χ0v) is 13.5. The molecule has 0 aliphatic heterocycles. The Hall–Kier alpha value is -1.04. The van der Waals surface area contributed by atoms with Gasteiger partial charge in [0.25, 0.3) is 5.91 Å². The minimum absolute atomic E-state index is 0.280. The van der Waals surface area contributed by atoms with Gasteiger partial charge in [-0.05, 0) is 52.3 Å². The molecule has 98 valence electrons. The smallest absolute Gasteiger partial charge is 0.257 e. The normalized spacial score (nSPS) is 10.3. The highest BCUT2D eigenvalue weighted by molar-refractivity contribution is 9.11. The van der Waals surface area contributed by atoms with Crippen molar-refractivity contribution < 1.29 is 4.79 Å². The summed E-state index contributed by atoms with van der Waals surface area (Å²) in [6, 6.07) is 10.3. The largest absolute Gasteiger partial charge is 0.398 e. The Balaban J connectivity index is 2.25. The van der Waals surface area contributed by atoms with E-state index in [2.05, 4.69) is 37.2 Å². The molecule has 0 saturated heterocycles. The molecule has 0 saturated carbocycles. The number of hydrogen-bond donors (Lipinski definition) is 2. The summed E-state index contributed by atoms with van der Waals surface area (Å²) in [5.74, 6) is -0.280. The van der Waals surface area contributed by atoms with E-state index in [1.807, 2.05) is 12.1 Å². The van der Waals surface area contributed by atoms with Crippen molar-refractivity contribution in [3.63, 3.8) is 0 Å². The predicted octanol–water partition coefficient (Wildman–Crippen LogP) is 4.70. The van der Waals surface area contributed by atoms with Gasteiger partial charge in [0.2, 0.25) is 0 Å². The molecule has 0 atom stereocenters. The zero-order chi connectivity index (χ0) is 14.0. The highest BCUT2D eigenvalue weighted by Gasteiger charge is 2.11. The molecule has 3 nitrogen and oxygen atoms in total. The van der Waals surface area contributed by atoms with E-state index in [1.165, 1.54) is 0 Å². The number of halogens is 3. The number of nitrogens with two attached hydrogens (primary N) is 1. The van der Waals surface area contributed by atoms with Crippen LogP contribution in [0.5, 0.6) is 0 Å². The van der Waals surface area contributed by atoms with Crippen LogP contribution < -0.4 is 11.1 Å². The van der Waals surface area contributed by atoms with Crippen molar-refractivity contribution in [3.05, 3.63) is 55.9 Å². The maximum absolute atomic E-state index is 12.1. The van der Waals surface area contributed by atoms with Crippen LogP contribution in [0.3, 0.4) is 0 Å². The van der Waals surface area contributed by atoms with E-state index in [1.54, 1.807) is 24.3 Å². The van der Waals surface area contributed by atoms with Crippen LogP contribution in [-0.4, -0.2) is 5.91 Å². The van der Waals surface area contributed by atoms with Crippen molar-refractivity contribution >= 4 is 60.7 Å². The molecule has 0 radical (unpaired) electrons. The minimum atomic E-state index is -0.280. The third-order valence-corrected chi connectivity index (χ3v) is 3.82. The average molecular weight is 404 g/mol. The van der Waals surface area contributed by atoms with Gasteiger partial charge in [0, 0.05) is 19.7 Å². The Kier molecular flexibility index (Phi) is 4.50. The third-order valence-electron chi connectivity index (χ3n) is 2.44. The van der Waals surface area contributed by atoms with Crippen LogP contribution in [-0.2, 0) is 0 Å². The summed E-state index contributed by atoms with van der Waals surface area (Å²) >= 11 is 12.5. The van der Waals surface area contributed by atoms with Gasteiger partial charge in [0.05, 0.1) is 11.3 Å². The molecule has 0 aliphatic carbocycles. The van der Waals surface area contributed by atoms with Gasteiger partial charge in [-0.2, -0.15) is 0 Å². The lowest BCUT2D eigenvalue weighted by Crippen LogP contribution is -2.14. The molecule has 2 rings (SSSR count). The van der Waals surface area contributed by atoms with Gasteiger partial charge in [-0.1, -0.05) is 27.5 Å². The van der Waals surface area contributed by atoms with E-state index in [0.717, 1.165) is 8.95 Å². The Morgan fingerprint density at radius 1 is 1.16 bits per heavy atom. The second-order valence-electron chi connectivity index (χ2n) is 3.81. The number of carbonyl (C=O) groups is 1. The summed E-state index contributed by atoms with van der Waals surface area (Å²) in [5, 5.41) is 3.28. The van der Waals surface area contributed by atoms with Crippen LogP contribution in [0.4, 0.5) is 11.4 Å². The van der Waals surface area contributed by atoms with E-state index in [0.29, 0.717) is 22.0 Å². The lowest BCUT2D eigenvalue weighted by Gasteiger charge is -2.09. The predicted molar refractivity (Wildman–Crippen MR) is 85.7 cm³/mol. The number of amides is 1. The van der Waals surface area contributed by atoms with Crippen molar-refractivity contribution in [1.29, 1.82) is 0 Å². The maximum Gasteiger partial charge on any atom is 0.257 e. The molecule has 0 fully saturated rings. The summed E-state index contributed by atoms with van der Waals surface area (Å²) in [6.45, 7) is 0. The van der Waals surface area contributed by atoms with Crippen LogP contribution >= 0.6 is 43.5 Å². The SMILES string of the molecule is Nc1cc(Cl)ccc1C(=O)Nc1ccc(Br)cc1Br. The summed E-state index contributed by atoms with van der Waals surface area (Å²) in [6.07, 6.45) is 0. The van der Waals surface area contributed by atoms with Crippen molar-refractivity contribution in [3.8, 4) is 0 Å². The van der Waals surface area contributed by atoms with Gasteiger partial charge in [0.1, 0.15) is 0 Å². The molecule has 0 aromatic heterocycles. The molecule has 0 unspecified atom stereocenters. The minimum Gasteiger partial charge on any atom is -0.398 e. The molecule has 6 heteroatoms. The number of benzene rings is 2. The molecule has 3 N–H and O–H groups in total. The quantitative estimate of drug-likeness (QED) is 0.713. The van der Waals surface area contributed by atoms with E-state index >= 15 is 0 Å². The lowest BCUT2D eigenvalue weighted by molar-refractivity contribution is 0.102. The Labute approximate surface area is 132 Å². The molecule has 1 amide bonds. The first-order valence-corrected chi connectivity index (χ1v) is 7.25. The Morgan fingerprint density at radius 2 is 1.89 bits per heavy atom. The summed E-state index contributed by atoms with van der Waals surface area (Å²) in [5.41, 5.74) is 7.18. The van der Waals surface area contributed by atoms with Crippen LogP contribution in [0.2, 0.25) is 5.02 Å². The Bertz CT molecular complexity index is 647. The second-order valence-corrected chi connectivity index (χ2v) is 6.02. The average Bonchev–Trinajstić information content (AvgIpc) is 2.32. The fraction of sp³-hybridized carbons (Fsp3) is 0. The summed E-state index contributed by atoms with van der Waals surface area (Å²) < 4.78 is 1.70. The van der Waals surface area contributed by atoms with Gasteiger partial charge >= 0.3 is 0 Å². The van der Waals surface area contributed by atoms with Gasteiger partial charge < -0.3 is 11.1 Å². The first-order valence-electron chi connectivity index (χ1n) is 5.29. The van der Waals surface area contributed by atoms with E-state index in [4.69, 9.17) is 17.3 Å². The molecule has 0 bridgehead atoms. The van der Waals surface area contributed by atoms with Crippen LogP contribution in [0.25, 0.3) is 0 Å². The molecule has 0 spiro atoms. The van der Waals surface area contributed by atoms with E-state index in [-0.39, 0.29) is 5.91 Å². The van der Waals surface area contributed by atoms with E-state index in [9.17, 15) is 4.79 Å².